The van der Waals surface area contributed by atoms with Crippen LogP contribution in [0.4, 0.5) is 0 Å². The van der Waals surface area contributed by atoms with Crippen molar-refractivity contribution in [2.75, 3.05) is 13.1 Å². The van der Waals surface area contributed by atoms with E-state index in [1.54, 1.807) is 18.3 Å². The maximum absolute atomic E-state index is 12.0. The van der Waals surface area contributed by atoms with E-state index in [1.807, 2.05) is 17.5 Å². The molecule has 0 radical (unpaired) electrons. The van der Waals surface area contributed by atoms with Crippen molar-refractivity contribution in [1.29, 1.82) is 0 Å². The first-order valence-electron chi connectivity index (χ1n) is 9.05. The molecule has 2 aromatic rings. The second-order valence-electron chi connectivity index (χ2n) is 6.97. The summed E-state index contributed by atoms with van der Waals surface area (Å²) in [6, 6.07) is 4.76. The van der Waals surface area contributed by atoms with Crippen molar-refractivity contribution >= 4 is 17.2 Å². The number of carbonyl (C=O) groups excluding carboxylic acids is 1. The monoisotopic (exact) mass is 360 g/mol. The average molecular weight is 360 g/mol. The SMILES string of the molecule is CC(=O)N1CCCC1C1CCCN1C(C)c1nnc(-c2cccs2)o1. The smallest absolute Gasteiger partial charge is 0.257 e. The highest BCUT2D eigenvalue weighted by Gasteiger charge is 2.41. The lowest BCUT2D eigenvalue weighted by molar-refractivity contribution is -0.130. The minimum atomic E-state index is 0.0723. The lowest BCUT2D eigenvalue weighted by Gasteiger charge is -2.36. The lowest BCUT2D eigenvalue weighted by Crippen LogP contribution is -2.48. The molecule has 3 atom stereocenters. The third kappa shape index (κ3) is 3.11. The summed E-state index contributed by atoms with van der Waals surface area (Å²) >= 11 is 1.60. The molecule has 2 fully saturated rings. The quantitative estimate of drug-likeness (QED) is 0.837. The molecule has 0 bridgehead atoms. The molecule has 2 saturated heterocycles. The lowest BCUT2D eigenvalue weighted by atomic mass is 10.0. The van der Waals surface area contributed by atoms with Crippen molar-refractivity contribution in [2.45, 2.75) is 57.7 Å². The van der Waals surface area contributed by atoms with E-state index < -0.39 is 0 Å². The van der Waals surface area contributed by atoms with E-state index in [4.69, 9.17) is 4.42 Å². The Morgan fingerprint density at radius 3 is 2.84 bits per heavy atom. The van der Waals surface area contributed by atoms with Crippen molar-refractivity contribution in [3.63, 3.8) is 0 Å². The van der Waals surface area contributed by atoms with Crippen molar-refractivity contribution in [3.8, 4) is 10.8 Å². The van der Waals surface area contributed by atoms with Gasteiger partial charge in [0, 0.05) is 25.6 Å². The Hall–Kier alpha value is -1.73. The predicted molar refractivity (Wildman–Crippen MR) is 96.2 cm³/mol. The number of amides is 1. The van der Waals surface area contributed by atoms with Crippen LogP contribution in [0.2, 0.25) is 0 Å². The first-order valence-corrected chi connectivity index (χ1v) is 9.93. The minimum Gasteiger partial charge on any atom is -0.418 e. The second kappa shape index (κ2) is 6.88. The van der Waals surface area contributed by atoms with E-state index in [0.29, 0.717) is 23.9 Å². The molecule has 2 aliphatic heterocycles. The minimum absolute atomic E-state index is 0.0723. The summed E-state index contributed by atoms with van der Waals surface area (Å²) in [6.07, 6.45) is 4.48. The van der Waals surface area contributed by atoms with Crippen molar-refractivity contribution in [3.05, 3.63) is 23.4 Å². The Morgan fingerprint density at radius 1 is 1.28 bits per heavy atom. The molecule has 3 unspecified atom stereocenters. The van der Waals surface area contributed by atoms with Gasteiger partial charge in [-0.15, -0.1) is 21.5 Å². The number of aromatic nitrogens is 2. The Bertz CT molecular complexity index is 729. The third-order valence-electron chi connectivity index (χ3n) is 5.52. The van der Waals surface area contributed by atoms with Crippen LogP contribution >= 0.6 is 11.3 Å². The molecule has 0 spiro atoms. The van der Waals surface area contributed by atoms with E-state index in [1.165, 1.54) is 0 Å². The van der Waals surface area contributed by atoms with E-state index in [2.05, 4.69) is 26.9 Å². The Morgan fingerprint density at radius 2 is 2.08 bits per heavy atom. The van der Waals surface area contributed by atoms with Crippen LogP contribution in [0.5, 0.6) is 0 Å². The number of thiophene rings is 1. The molecule has 0 aromatic carbocycles. The summed E-state index contributed by atoms with van der Waals surface area (Å²) in [5.74, 6) is 1.46. The molecular formula is C18H24N4O2S. The molecule has 2 aromatic heterocycles. The molecule has 6 nitrogen and oxygen atoms in total. The third-order valence-corrected chi connectivity index (χ3v) is 6.38. The summed E-state index contributed by atoms with van der Waals surface area (Å²) < 4.78 is 5.95. The number of hydrogen-bond acceptors (Lipinski definition) is 6. The fraction of sp³-hybridized carbons (Fsp3) is 0.611. The molecule has 7 heteroatoms. The van der Waals surface area contributed by atoms with Crippen LogP contribution in [-0.2, 0) is 4.79 Å². The zero-order valence-electron chi connectivity index (χ0n) is 14.7. The first-order chi connectivity index (χ1) is 12.1. The fourth-order valence-electron chi connectivity index (χ4n) is 4.34. The number of likely N-dealkylation sites (tertiary alicyclic amines) is 2. The normalized spacial score (nSPS) is 25.6. The zero-order valence-corrected chi connectivity index (χ0v) is 15.5. The van der Waals surface area contributed by atoms with Crippen LogP contribution in [0, 0.1) is 0 Å². The maximum atomic E-state index is 12.0. The highest BCUT2D eigenvalue weighted by atomic mass is 32.1. The zero-order chi connectivity index (χ0) is 17.4. The number of nitrogens with zero attached hydrogens (tertiary/aromatic N) is 4. The van der Waals surface area contributed by atoms with Gasteiger partial charge in [0.15, 0.2) is 0 Å². The largest absolute Gasteiger partial charge is 0.418 e. The van der Waals surface area contributed by atoms with Crippen LogP contribution in [0.25, 0.3) is 10.8 Å². The van der Waals surface area contributed by atoms with Crippen molar-refractivity contribution in [2.24, 2.45) is 0 Å². The fourth-order valence-corrected chi connectivity index (χ4v) is 4.98. The topological polar surface area (TPSA) is 62.5 Å². The second-order valence-corrected chi connectivity index (χ2v) is 7.92. The van der Waals surface area contributed by atoms with E-state index in [9.17, 15) is 4.79 Å². The van der Waals surface area contributed by atoms with Crippen molar-refractivity contribution in [1.82, 2.24) is 20.0 Å². The number of rotatable bonds is 4. The molecule has 0 aliphatic carbocycles. The molecular weight excluding hydrogens is 336 g/mol. The van der Waals surface area contributed by atoms with Gasteiger partial charge >= 0.3 is 0 Å². The highest BCUT2D eigenvalue weighted by Crippen LogP contribution is 2.36. The van der Waals surface area contributed by atoms with Gasteiger partial charge in [0.05, 0.1) is 10.9 Å². The van der Waals surface area contributed by atoms with Crippen molar-refractivity contribution < 1.29 is 9.21 Å². The summed E-state index contributed by atoms with van der Waals surface area (Å²) in [5, 5.41) is 10.5. The van der Waals surface area contributed by atoms with Crippen LogP contribution in [0.1, 0.15) is 51.5 Å². The first kappa shape index (κ1) is 16.7. The number of carbonyl (C=O) groups is 1. The standard InChI is InChI=1S/C18H24N4O2S/c1-12(17-19-20-18(24-17)16-8-5-11-25-16)21-9-3-6-14(21)15-7-4-10-22(15)13(2)23/h5,8,11-12,14-15H,3-4,6-7,9-10H2,1-2H3. The predicted octanol–water partition coefficient (Wildman–Crippen LogP) is 3.33. The van der Waals surface area contributed by atoms with Crippen LogP contribution < -0.4 is 0 Å². The molecule has 2 aliphatic rings. The van der Waals surface area contributed by atoms with E-state index >= 15 is 0 Å². The van der Waals surface area contributed by atoms with Gasteiger partial charge in [-0.1, -0.05) is 6.07 Å². The Balaban J connectivity index is 1.53. The van der Waals surface area contributed by atoms with Gasteiger partial charge in [0.2, 0.25) is 11.8 Å². The van der Waals surface area contributed by atoms with Gasteiger partial charge in [-0.3, -0.25) is 9.69 Å². The van der Waals surface area contributed by atoms with Gasteiger partial charge in [-0.25, -0.2) is 0 Å². The Kier molecular flexibility index (Phi) is 4.60. The maximum Gasteiger partial charge on any atom is 0.257 e. The summed E-state index contributed by atoms with van der Waals surface area (Å²) in [7, 11) is 0. The van der Waals surface area contributed by atoms with E-state index in [0.717, 1.165) is 43.6 Å². The molecule has 1 amide bonds. The molecule has 25 heavy (non-hydrogen) atoms. The molecule has 4 heterocycles. The number of hydrogen-bond donors (Lipinski definition) is 0. The molecule has 0 saturated carbocycles. The van der Waals surface area contributed by atoms with Gasteiger partial charge in [-0.05, 0) is 50.6 Å². The highest BCUT2D eigenvalue weighted by molar-refractivity contribution is 7.13. The van der Waals surface area contributed by atoms with E-state index in [-0.39, 0.29) is 11.9 Å². The summed E-state index contributed by atoms with van der Waals surface area (Å²) in [6.45, 7) is 5.73. The average Bonchev–Trinajstić information content (AvgIpc) is 3.41. The molecule has 0 N–H and O–H groups in total. The van der Waals surface area contributed by atoms with Gasteiger partial charge in [0.25, 0.3) is 5.89 Å². The van der Waals surface area contributed by atoms with Gasteiger partial charge < -0.3 is 9.32 Å². The summed E-state index contributed by atoms with van der Waals surface area (Å²) in [5.41, 5.74) is 0. The molecule has 4 rings (SSSR count). The summed E-state index contributed by atoms with van der Waals surface area (Å²) in [4.78, 5) is 17.5. The van der Waals surface area contributed by atoms with Crippen LogP contribution in [0.15, 0.2) is 21.9 Å². The van der Waals surface area contributed by atoms with Gasteiger partial charge in [0.1, 0.15) is 0 Å². The van der Waals surface area contributed by atoms with Crippen LogP contribution in [-0.4, -0.2) is 51.1 Å². The molecule has 134 valence electrons. The Labute approximate surface area is 151 Å². The van der Waals surface area contributed by atoms with Crippen LogP contribution in [0.3, 0.4) is 0 Å². The van der Waals surface area contributed by atoms with Gasteiger partial charge in [-0.2, -0.15) is 0 Å².